The molecule has 0 saturated heterocycles. The van der Waals surface area contributed by atoms with Crippen LogP contribution in [0.25, 0.3) is 0 Å². The predicted octanol–water partition coefficient (Wildman–Crippen LogP) is 2.19. The first-order chi connectivity index (χ1) is 9.60. The van der Waals surface area contributed by atoms with E-state index in [0.717, 1.165) is 18.1 Å². The largest absolute Gasteiger partial charge is 0.497 e. The third-order valence-electron chi connectivity index (χ3n) is 3.00. The van der Waals surface area contributed by atoms with Crippen molar-refractivity contribution in [3.05, 3.63) is 42.1 Å². The van der Waals surface area contributed by atoms with Crippen LogP contribution < -0.4 is 14.5 Å². The van der Waals surface area contributed by atoms with Gasteiger partial charge >= 0.3 is 0 Å². The van der Waals surface area contributed by atoms with Crippen molar-refractivity contribution in [2.45, 2.75) is 6.54 Å². The molecule has 0 aliphatic carbocycles. The van der Waals surface area contributed by atoms with Gasteiger partial charge in [0, 0.05) is 33.9 Å². The predicted molar refractivity (Wildman–Crippen MR) is 81.5 cm³/mol. The van der Waals surface area contributed by atoms with Gasteiger partial charge in [-0.25, -0.2) is 4.98 Å². The Morgan fingerprint density at radius 3 is 2.35 bits per heavy atom. The second-order valence-corrected chi connectivity index (χ2v) is 4.81. The fourth-order valence-electron chi connectivity index (χ4n) is 1.85. The summed E-state index contributed by atoms with van der Waals surface area (Å²) < 4.78 is 5.16. The molecule has 106 valence electrons. The molecule has 0 atom stereocenters. The summed E-state index contributed by atoms with van der Waals surface area (Å²) in [5.41, 5.74) is 1.21. The van der Waals surface area contributed by atoms with Crippen molar-refractivity contribution in [1.29, 1.82) is 0 Å². The lowest BCUT2D eigenvalue weighted by atomic mass is 10.2. The molecular weight excluding hydrogens is 252 g/mol. The van der Waals surface area contributed by atoms with Gasteiger partial charge in [0.15, 0.2) is 0 Å². The number of anilines is 2. The van der Waals surface area contributed by atoms with Gasteiger partial charge in [0.05, 0.1) is 7.11 Å². The molecule has 0 radical (unpaired) electrons. The standard InChI is InChI=1S/C15H20N4O/c1-18(2)15-16-10-9-14(17-15)19(3)11-12-5-7-13(20-4)8-6-12/h5-10H,11H2,1-4H3. The Kier molecular flexibility index (Phi) is 4.40. The maximum absolute atomic E-state index is 5.16. The molecule has 0 saturated carbocycles. The summed E-state index contributed by atoms with van der Waals surface area (Å²) in [4.78, 5) is 12.7. The van der Waals surface area contributed by atoms with Gasteiger partial charge in [-0.2, -0.15) is 4.98 Å². The molecule has 0 amide bonds. The Hall–Kier alpha value is -2.30. The van der Waals surface area contributed by atoms with E-state index in [1.54, 1.807) is 13.3 Å². The Bertz CT molecular complexity index is 554. The molecule has 0 bridgehead atoms. The van der Waals surface area contributed by atoms with Gasteiger partial charge in [-0.1, -0.05) is 12.1 Å². The summed E-state index contributed by atoms with van der Waals surface area (Å²) in [5.74, 6) is 2.48. The molecular formula is C15H20N4O. The van der Waals surface area contributed by atoms with Crippen molar-refractivity contribution in [2.75, 3.05) is 38.1 Å². The minimum Gasteiger partial charge on any atom is -0.497 e. The van der Waals surface area contributed by atoms with Crippen LogP contribution in [0.2, 0.25) is 0 Å². The van der Waals surface area contributed by atoms with Crippen LogP contribution >= 0.6 is 0 Å². The first-order valence-electron chi connectivity index (χ1n) is 6.44. The fraction of sp³-hybridized carbons (Fsp3) is 0.333. The number of ether oxygens (including phenoxy) is 1. The highest BCUT2D eigenvalue weighted by molar-refractivity contribution is 5.43. The Balaban J connectivity index is 2.10. The average molecular weight is 272 g/mol. The smallest absolute Gasteiger partial charge is 0.226 e. The van der Waals surface area contributed by atoms with E-state index in [9.17, 15) is 0 Å². The minimum absolute atomic E-state index is 0.712. The van der Waals surface area contributed by atoms with Gasteiger partial charge in [0.1, 0.15) is 11.6 Å². The summed E-state index contributed by atoms with van der Waals surface area (Å²) in [6.45, 7) is 0.786. The van der Waals surface area contributed by atoms with E-state index in [2.05, 4.69) is 27.0 Å². The zero-order valence-electron chi connectivity index (χ0n) is 12.4. The van der Waals surface area contributed by atoms with E-state index in [1.165, 1.54) is 5.56 Å². The number of hydrogen-bond acceptors (Lipinski definition) is 5. The molecule has 1 aromatic heterocycles. The lowest BCUT2D eigenvalue weighted by molar-refractivity contribution is 0.414. The summed E-state index contributed by atoms with van der Waals surface area (Å²) >= 11 is 0. The molecule has 1 heterocycles. The van der Waals surface area contributed by atoms with Crippen molar-refractivity contribution in [3.8, 4) is 5.75 Å². The van der Waals surface area contributed by atoms with Crippen molar-refractivity contribution in [2.24, 2.45) is 0 Å². The van der Waals surface area contributed by atoms with Gasteiger partial charge in [0.2, 0.25) is 5.95 Å². The normalized spacial score (nSPS) is 10.2. The van der Waals surface area contributed by atoms with Gasteiger partial charge in [-0.3, -0.25) is 0 Å². The summed E-state index contributed by atoms with van der Waals surface area (Å²) in [6, 6.07) is 9.96. The van der Waals surface area contributed by atoms with Gasteiger partial charge in [0.25, 0.3) is 0 Å². The average Bonchev–Trinajstić information content (AvgIpc) is 2.48. The Morgan fingerprint density at radius 1 is 1.05 bits per heavy atom. The zero-order valence-corrected chi connectivity index (χ0v) is 12.4. The SMILES string of the molecule is COc1ccc(CN(C)c2ccnc(N(C)C)n2)cc1. The van der Waals surface area contributed by atoms with E-state index in [1.807, 2.05) is 44.2 Å². The quantitative estimate of drug-likeness (QED) is 0.834. The van der Waals surface area contributed by atoms with Crippen LogP contribution in [0.4, 0.5) is 11.8 Å². The molecule has 1 aromatic carbocycles. The van der Waals surface area contributed by atoms with Crippen molar-refractivity contribution in [3.63, 3.8) is 0 Å². The highest BCUT2D eigenvalue weighted by atomic mass is 16.5. The number of benzene rings is 1. The molecule has 0 aliphatic rings. The topological polar surface area (TPSA) is 41.5 Å². The molecule has 2 aromatic rings. The number of methoxy groups -OCH3 is 1. The first-order valence-corrected chi connectivity index (χ1v) is 6.44. The Morgan fingerprint density at radius 2 is 1.75 bits per heavy atom. The van der Waals surface area contributed by atoms with Crippen LogP contribution in [-0.2, 0) is 6.54 Å². The minimum atomic E-state index is 0.712. The third-order valence-corrected chi connectivity index (χ3v) is 3.00. The van der Waals surface area contributed by atoms with E-state index in [4.69, 9.17) is 4.74 Å². The lowest BCUT2D eigenvalue weighted by Crippen LogP contribution is -2.20. The monoisotopic (exact) mass is 272 g/mol. The first kappa shape index (κ1) is 14.1. The van der Waals surface area contributed by atoms with Crippen LogP contribution in [0.3, 0.4) is 0 Å². The van der Waals surface area contributed by atoms with Gasteiger partial charge < -0.3 is 14.5 Å². The molecule has 0 unspecified atom stereocenters. The number of nitrogens with zero attached hydrogens (tertiary/aromatic N) is 4. The lowest BCUT2D eigenvalue weighted by Gasteiger charge is -2.20. The molecule has 0 N–H and O–H groups in total. The number of rotatable bonds is 5. The zero-order chi connectivity index (χ0) is 14.5. The van der Waals surface area contributed by atoms with Crippen molar-refractivity contribution in [1.82, 2.24) is 9.97 Å². The summed E-state index contributed by atoms with van der Waals surface area (Å²) in [6.07, 6.45) is 1.78. The number of hydrogen-bond donors (Lipinski definition) is 0. The van der Waals surface area contributed by atoms with Crippen LogP contribution in [0.1, 0.15) is 5.56 Å². The van der Waals surface area contributed by atoms with Crippen LogP contribution in [0.5, 0.6) is 5.75 Å². The summed E-state index contributed by atoms with van der Waals surface area (Å²) in [7, 11) is 7.56. The summed E-state index contributed by atoms with van der Waals surface area (Å²) in [5, 5.41) is 0. The van der Waals surface area contributed by atoms with E-state index in [0.29, 0.717) is 5.95 Å². The molecule has 0 fully saturated rings. The maximum atomic E-state index is 5.16. The van der Waals surface area contributed by atoms with Gasteiger partial charge in [-0.05, 0) is 23.8 Å². The second kappa shape index (κ2) is 6.23. The van der Waals surface area contributed by atoms with Crippen LogP contribution in [-0.4, -0.2) is 38.2 Å². The van der Waals surface area contributed by atoms with E-state index >= 15 is 0 Å². The molecule has 0 spiro atoms. The molecule has 5 heteroatoms. The molecule has 0 aliphatic heterocycles. The molecule has 2 rings (SSSR count). The number of aromatic nitrogens is 2. The fourth-order valence-corrected chi connectivity index (χ4v) is 1.85. The van der Waals surface area contributed by atoms with Crippen LogP contribution in [0.15, 0.2) is 36.5 Å². The van der Waals surface area contributed by atoms with Crippen molar-refractivity contribution >= 4 is 11.8 Å². The molecule has 20 heavy (non-hydrogen) atoms. The van der Waals surface area contributed by atoms with E-state index in [-0.39, 0.29) is 0 Å². The third kappa shape index (κ3) is 3.38. The molecule has 5 nitrogen and oxygen atoms in total. The highest BCUT2D eigenvalue weighted by Gasteiger charge is 2.06. The Labute approximate surface area is 119 Å². The maximum Gasteiger partial charge on any atom is 0.226 e. The van der Waals surface area contributed by atoms with E-state index < -0.39 is 0 Å². The second-order valence-electron chi connectivity index (χ2n) is 4.81. The van der Waals surface area contributed by atoms with Gasteiger partial charge in [-0.15, -0.1) is 0 Å². The highest BCUT2D eigenvalue weighted by Crippen LogP contribution is 2.17. The van der Waals surface area contributed by atoms with Crippen LogP contribution in [0, 0.1) is 0 Å². The van der Waals surface area contributed by atoms with Crippen molar-refractivity contribution < 1.29 is 4.74 Å².